The fraction of sp³-hybridized carbons (Fsp3) is 0.857. The molecular formula is C7H14INO3. The smallest absolute Gasteiger partial charge is 0.275 e. The van der Waals surface area contributed by atoms with Crippen molar-refractivity contribution in [3.63, 3.8) is 0 Å². The van der Waals surface area contributed by atoms with Crippen LogP contribution >= 0.6 is 21.5 Å². The molecule has 0 aliphatic heterocycles. The summed E-state index contributed by atoms with van der Waals surface area (Å²) in [5, 5.41) is 0. The third-order valence-electron chi connectivity index (χ3n) is 1.64. The van der Waals surface area contributed by atoms with Crippen molar-refractivity contribution in [1.82, 2.24) is 3.11 Å². The zero-order valence-electron chi connectivity index (χ0n) is 7.54. The molecule has 1 amide bonds. The second-order valence-electron chi connectivity index (χ2n) is 2.41. The van der Waals surface area contributed by atoms with E-state index in [9.17, 15) is 7.86 Å². The molecule has 0 fully saturated rings. The van der Waals surface area contributed by atoms with Gasteiger partial charge in [0.15, 0.2) is 0 Å². The Morgan fingerprint density at radius 1 is 1.67 bits per heavy atom. The van der Waals surface area contributed by atoms with Crippen molar-refractivity contribution in [3.8, 4) is 0 Å². The van der Waals surface area contributed by atoms with Crippen LogP contribution < -0.4 is 0 Å². The molecule has 0 bridgehead atoms. The van der Waals surface area contributed by atoms with Crippen LogP contribution in [-0.2, 0) is 12.6 Å². The molecule has 0 rings (SSSR count). The van der Waals surface area contributed by atoms with Gasteiger partial charge in [0.2, 0.25) is 5.91 Å². The zero-order chi connectivity index (χ0) is 9.56. The van der Waals surface area contributed by atoms with Crippen LogP contribution in [-0.4, -0.2) is 29.3 Å². The Morgan fingerprint density at radius 2 is 2.25 bits per heavy atom. The van der Waals surface area contributed by atoms with Crippen molar-refractivity contribution < 1.29 is 12.6 Å². The highest BCUT2D eigenvalue weighted by Gasteiger charge is 2.14. The van der Waals surface area contributed by atoms with Gasteiger partial charge in [0.1, 0.15) is 0 Å². The lowest BCUT2D eigenvalue weighted by molar-refractivity contribution is -0.126. The van der Waals surface area contributed by atoms with E-state index < -0.39 is 21.5 Å². The highest BCUT2D eigenvalue weighted by Crippen LogP contribution is 2.09. The third-order valence-corrected chi connectivity index (χ3v) is 2.77. The van der Waals surface area contributed by atoms with Gasteiger partial charge in [0.05, 0.1) is 12.5 Å². The Morgan fingerprint density at radius 3 is 2.58 bits per heavy atom. The highest BCUT2D eigenvalue weighted by molar-refractivity contribution is 14.1. The van der Waals surface area contributed by atoms with Gasteiger partial charge in [-0.3, -0.25) is 7.91 Å². The molecule has 4 nitrogen and oxygen atoms in total. The average Bonchev–Trinajstić information content (AvgIpc) is 2.12. The van der Waals surface area contributed by atoms with Gasteiger partial charge in [0, 0.05) is 14.2 Å². The normalized spacial score (nSPS) is 12.6. The standard InChI is InChI=1S/C7H14INO3/c1-4-6(12-3)5-7(10)9(2)8-11/h6H,4-5H2,1-3H3. The second-order valence-corrected chi connectivity index (χ2v) is 4.25. The Kier molecular flexibility index (Phi) is 6.45. The topological polar surface area (TPSA) is 46.6 Å². The average molecular weight is 287 g/mol. The summed E-state index contributed by atoms with van der Waals surface area (Å²) in [5.74, 6) is -0.105. The minimum atomic E-state index is -1.36. The van der Waals surface area contributed by atoms with Crippen molar-refractivity contribution in [2.24, 2.45) is 0 Å². The molecular weight excluding hydrogens is 273 g/mol. The summed E-state index contributed by atoms with van der Waals surface area (Å²) in [5.41, 5.74) is 0. The van der Waals surface area contributed by atoms with Crippen molar-refractivity contribution in [1.29, 1.82) is 0 Å². The molecule has 0 aromatic carbocycles. The SMILES string of the molecule is CCC(CC(=O)N(C)I=O)OC. The summed E-state index contributed by atoms with van der Waals surface area (Å²) in [4.78, 5) is 11.2. The third kappa shape index (κ3) is 4.10. The minimum Gasteiger partial charge on any atom is -0.381 e. The van der Waals surface area contributed by atoms with Gasteiger partial charge in [-0.2, -0.15) is 0 Å². The second kappa shape index (κ2) is 6.47. The Bertz CT molecular complexity index is 159. The van der Waals surface area contributed by atoms with E-state index in [1.165, 1.54) is 3.11 Å². The summed E-state index contributed by atoms with van der Waals surface area (Å²) in [7, 11) is 3.12. The summed E-state index contributed by atoms with van der Waals surface area (Å²) in [6.07, 6.45) is 1.08. The van der Waals surface area contributed by atoms with E-state index >= 15 is 0 Å². The molecule has 0 aliphatic rings. The molecule has 0 aromatic rings. The lowest BCUT2D eigenvalue weighted by Gasteiger charge is -2.13. The van der Waals surface area contributed by atoms with Crippen molar-refractivity contribution in [2.75, 3.05) is 14.2 Å². The molecule has 0 aliphatic carbocycles. The van der Waals surface area contributed by atoms with Gasteiger partial charge in [-0.25, -0.2) is 3.07 Å². The van der Waals surface area contributed by atoms with Gasteiger partial charge in [-0.05, 0) is 6.42 Å². The molecule has 0 spiro atoms. The predicted molar refractivity (Wildman–Crippen MR) is 53.2 cm³/mol. The Balaban J connectivity index is 3.89. The largest absolute Gasteiger partial charge is 0.381 e. The summed E-state index contributed by atoms with van der Waals surface area (Å²) >= 11 is -1.36. The number of halogens is 1. The molecule has 5 heteroatoms. The molecule has 1 atom stereocenters. The summed E-state index contributed by atoms with van der Waals surface area (Å²) < 4.78 is 16.7. The molecule has 0 radical (unpaired) electrons. The lowest BCUT2D eigenvalue weighted by atomic mass is 10.2. The summed E-state index contributed by atoms with van der Waals surface area (Å²) in [6.45, 7) is 1.95. The van der Waals surface area contributed by atoms with Gasteiger partial charge >= 0.3 is 0 Å². The Labute approximate surface area is 83.3 Å². The summed E-state index contributed by atoms with van der Waals surface area (Å²) in [6, 6.07) is 0. The first-order valence-electron chi connectivity index (χ1n) is 3.72. The van der Waals surface area contributed by atoms with E-state index in [1.54, 1.807) is 14.2 Å². The maximum Gasteiger partial charge on any atom is 0.275 e. The maximum atomic E-state index is 11.2. The van der Waals surface area contributed by atoms with E-state index in [2.05, 4.69) is 0 Å². The van der Waals surface area contributed by atoms with Crippen LogP contribution in [0.4, 0.5) is 0 Å². The van der Waals surface area contributed by atoms with Crippen LogP contribution in [0.15, 0.2) is 0 Å². The van der Waals surface area contributed by atoms with Gasteiger partial charge < -0.3 is 4.74 Å². The zero-order valence-corrected chi connectivity index (χ0v) is 9.70. The first kappa shape index (κ1) is 12.0. The Hall–Kier alpha value is -0.0400. The van der Waals surface area contributed by atoms with Crippen LogP contribution in [0.5, 0.6) is 0 Å². The van der Waals surface area contributed by atoms with Gasteiger partial charge in [-0.1, -0.05) is 6.92 Å². The molecule has 0 saturated carbocycles. The van der Waals surface area contributed by atoms with Crippen LogP contribution in [0.3, 0.4) is 0 Å². The molecule has 0 saturated heterocycles. The predicted octanol–water partition coefficient (Wildman–Crippen LogP) is 1.49. The molecule has 1 unspecified atom stereocenters. The van der Waals surface area contributed by atoms with Crippen molar-refractivity contribution in [2.45, 2.75) is 25.9 Å². The number of amides is 1. The number of hydrogen-bond acceptors (Lipinski definition) is 3. The number of carbonyl (C=O) groups is 1. The first-order valence-corrected chi connectivity index (χ1v) is 5.57. The number of carbonyl (C=O) groups excluding carboxylic acids is 1. The molecule has 12 heavy (non-hydrogen) atoms. The van der Waals surface area contributed by atoms with E-state index in [-0.39, 0.29) is 12.0 Å². The van der Waals surface area contributed by atoms with Gasteiger partial charge in [-0.15, -0.1) is 0 Å². The van der Waals surface area contributed by atoms with Crippen molar-refractivity contribution >= 4 is 27.4 Å². The molecule has 0 heterocycles. The van der Waals surface area contributed by atoms with E-state index in [0.29, 0.717) is 6.42 Å². The van der Waals surface area contributed by atoms with E-state index in [0.717, 1.165) is 6.42 Å². The highest BCUT2D eigenvalue weighted by atomic mass is 127. The van der Waals surface area contributed by atoms with Crippen LogP contribution in [0, 0.1) is 0 Å². The number of rotatable bonds is 5. The van der Waals surface area contributed by atoms with Crippen LogP contribution in [0.25, 0.3) is 0 Å². The quantitative estimate of drug-likeness (QED) is 0.568. The number of nitrogens with zero attached hydrogens (tertiary/aromatic N) is 1. The number of ether oxygens (including phenoxy) is 1. The van der Waals surface area contributed by atoms with E-state index in [1.807, 2.05) is 6.92 Å². The fourth-order valence-electron chi connectivity index (χ4n) is 0.753. The lowest BCUT2D eigenvalue weighted by Crippen LogP contribution is -2.23. The monoisotopic (exact) mass is 287 g/mol. The molecule has 0 N–H and O–H groups in total. The fourth-order valence-corrected chi connectivity index (χ4v) is 1.17. The van der Waals surface area contributed by atoms with Crippen LogP contribution in [0.1, 0.15) is 19.8 Å². The number of methoxy groups -OCH3 is 1. The van der Waals surface area contributed by atoms with Crippen LogP contribution in [0.2, 0.25) is 0 Å². The van der Waals surface area contributed by atoms with E-state index in [4.69, 9.17) is 4.74 Å². The minimum absolute atomic E-state index is 0.0458. The molecule has 0 aromatic heterocycles. The van der Waals surface area contributed by atoms with Gasteiger partial charge in [0.25, 0.3) is 21.5 Å². The molecule has 72 valence electrons. The van der Waals surface area contributed by atoms with Crippen molar-refractivity contribution in [3.05, 3.63) is 0 Å². The number of hydrogen-bond donors (Lipinski definition) is 0. The maximum absolute atomic E-state index is 11.2. The first-order chi connectivity index (χ1) is 5.65.